The second-order valence-electron chi connectivity index (χ2n) is 6.33. The first kappa shape index (κ1) is 16.6. The van der Waals surface area contributed by atoms with Crippen LogP contribution in [-0.2, 0) is 16.0 Å². The third-order valence-corrected chi connectivity index (χ3v) is 4.70. The summed E-state index contributed by atoms with van der Waals surface area (Å²) in [6.07, 6.45) is 1.07. The van der Waals surface area contributed by atoms with Crippen molar-refractivity contribution in [3.8, 4) is 0 Å². The molecule has 0 saturated carbocycles. The molecule has 1 saturated heterocycles. The van der Waals surface area contributed by atoms with E-state index in [1.165, 1.54) is 11.3 Å². The number of carbonyl (C=O) groups excluding carboxylic acids is 2. The lowest BCUT2D eigenvalue weighted by Crippen LogP contribution is -2.28. The topological polar surface area (TPSA) is 75.2 Å². The Balaban J connectivity index is 1.62. The Hall–Kier alpha value is -2.28. The van der Waals surface area contributed by atoms with Gasteiger partial charge in [0.1, 0.15) is 5.01 Å². The number of hydrogen-bond donors (Lipinski definition) is 1. The van der Waals surface area contributed by atoms with E-state index in [2.05, 4.69) is 29.4 Å². The van der Waals surface area contributed by atoms with Crippen LogP contribution in [0.4, 0.5) is 10.8 Å². The highest BCUT2D eigenvalue weighted by Gasteiger charge is 2.35. The van der Waals surface area contributed by atoms with Crippen LogP contribution in [0.5, 0.6) is 0 Å². The van der Waals surface area contributed by atoms with Crippen LogP contribution in [0.3, 0.4) is 0 Å². The Labute approximate surface area is 144 Å². The SMILES string of the molecule is CC(C)Cc1nnc(NC(=O)C2CC(=O)N(c3ccccc3)C2)s1. The van der Waals surface area contributed by atoms with Crippen molar-refractivity contribution in [1.29, 1.82) is 0 Å². The number of anilines is 2. The highest BCUT2D eigenvalue weighted by atomic mass is 32.1. The molecule has 1 aromatic carbocycles. The second kappa shape index (κ2) is 7.09. The maximum Gasteiger partial charge on any atom is 0.231 e. The largest absolute Gasteiger partial charge is 0.312 e. The molecule has 0 bridgehead atoms. The van der Waals surface area contributed by atoms with E-state index in [9.17, 15) is 9.59 Å². The number of rotatable bonds is 5. The minimum absolute atomic E-state index is 0.0286. The van der Waals surface area contributed by atoms with Gasteiger partial charge in [0.15, 0.2) is 0 Å². The minimum atomic E-state index is -0.366. The molecule has 2 heterocycles. The highest BCUT2D eigenvalue weighted by Crippen LogP contribution is 2.26. The predicted molar refractivity (Wildman–Crippen MR) is 94.0 cm³/mol. The molecule has 1 N–H and O–H groups in total. The summed E-state index contributed by atoms with van der Waals surface area (Å²) in [6, 6.07) is 9.42. The van der Waals surface area contributed by atoms with Crippen LogP contribution in [0.1, 0.15) is 25.3 Å². The van der Waals surface area contributed by atoms with E-state index in [0.29, 0.717) is 17.6 Å². The fourth-order valence-electron chi connectivity index (χ4n) is 2.68. The van der Waals surface area contributed by atoms with Gasteiger partial charge in [-0.25, -0.2) is 0 Å². The number of nitrogens with one attached hydrogen (secondary N) is 1. The zero-order valence-corrected chi connectivity index (χ0v) is 14.5. The Morgan fingerprint density at radius 1 is 1.33 bits per heavy atom. The van der Waals surface area contributed by atoms with Gasteiger partial charge in [0.05, 0.1) is 5.92 Å². The van der Waals surface area contributed by atoms with Crippen molar-refractivity contribution in [3.05, 3.63) is 35.3 Å². The monoisotopic (exact) mass is 344 g/mol. The van der Waals surface area contributed by atoms with E-state index in [-0.39, 0.29) is 24.2 Å². The van der Waals surface area contributed by atoms with E-state index >= 15 is 0 Å². The van der Waals surface area contributed by atoms with Crippen molar-refractivity contribution in [1.82, 2.24) is 10.2 Å². The zero-order valence-electron chi connectivity index (χ0n) is 13.7. The summed E-state index contributed by atoms with van der Waals surface area (Å²) < 4.78 is 0. The van der Waals surface area contributed by atoms with Crippen molar-refractivity contribution in [2.24, 2.45) is 11.8 Å². The molecule has 1 aliphatic rings. The molecule has 1 atom stereocenters. The number of benzene rings is 1. The summed E-state index contributed by atoms with van der Waals surface area (Å²) in [5.41, 5.74) is 0.827. The fourth-order valence-corrected chi connectivity index (χ4v) is 3.64. The van der Waals surface area contributed by atoms with Gasteiger partial charge in [0, 0.05) is 25.1 Å². The normalized spacial score (nSPS) is 17.5. The molecule has 1 fully saturated rings. The summed E-state index contributed by atoms with van der Waals surface area (Å²) in [5.74, 6) is -0.0725. The molecule has 7 heteroatoms. The summed E-state index contributed by atoms with van der Waals surface area (Å²) >= 11 is 1.39. The van der Waals surface area contributed by atoms with E-state index in [1.807, 2.05) is 30.3 Å². The summed E-state index contributed by atoms with van der Waals surface area (Å²) in [6.45, 7) is 4.62. The van der Waals surface area contributed by atoms with E-state index in [4.69, 9.17) is 0 Å². The quantitative estimate of drug-likeness (QED) is 0.905. The zero-order chi connectivity index (χ0) is 17.1. The van der Waals surface area contributed by atoms with E-state index < -0.39 is 0 Å². The van der Waals surface area contributed by atoms with E-state index in [1.54, 1.807) is 4.90 Å². The third kappa shape index (κ3) is 3.79. The molecule has 1 aromatic heterocycles. The number of hydrogen-bond acceptors (Lipinski definition) is 5. The lowest BCUT2D eigenvalue weighted by molar-refractivity contribution is -0.122. The number of para-hydroxylation sites is 1. The number of carbonyl (C=O) groups is 2. The van der Waals surface area contributed by atoms with Gasteiger partial charge < -0.3 is 10.2 Å². The third-order valence-electron chi connectivity index (χ3n) is 3.84. The first-order valence-electron chi connectivity index (χ1n) is 8.01. The minimum Gasteiger partial charge on any atom is -0.312 e. The summed E-state index contributed by atoms with van der Waals surface area (Å²) in [7, 11) is 0. The van der Waals surface area contributed by atoms with Gasteiger partial charge in [0.25, 0.3) is 0 Å². The van der Waals surface area contributed by atoms with Crippen LogP contribution in [0, 0.1) is 11.8 Å². The Morgan fingerprint density at radius 3 is 2.79 bits per heavy atom. The van der Waals surface area contributed by atoms with Crippen molar-refractivity contribution in [2.45, 2.75) is 26.7 Å². The van der Waals surface area contributed by atoms with Crippen LogP contribution in [0.25, 0.3) is 0 Å². The van der Waals surface area contributed by atoms with Crippen LogP contribution in [0.2, 0.25) is 0 Å². The standard InChI is InChI=1S/C17H20N4O2S/c1-11(2)8-14-19-20-17(24-14)18-16(23)12-9-15(22)21(10-12)13-6-4-3-5-7-13/h3-7,11-12H,8-10H2,1-2H3,(H,18,20,23). The number of amides is 2. The van der Waals surface area contributed by atoms with Crippen LogP contribution in [-0.4, -0.2) is 28.6 Å². The average Bonchev–Trinajstić information content (AvgIpc) is 3.14. The Kier molecular flexibility index (Phi) is 4.89. The first-order chi connectivity index (χ1) is 11.5. The molecule has 6 nitrogen and oxygen atoms in total. The maximum atomic E-state index is 12.4. The molecule has 2 aromatic rings. The molecule has 126 valence electrons. The number of nitrogens with zero attached hydrogens (tertiary/aromatic N) is 3. The molecule has 3 rings (SSSR count). The molecule has 1 aliphatic heterocycles. The predicted octanol–water partition coefficient (Wildman–Crippen LogP) is 2.73. The highest BCUT2D eigenvalue weighted by molar-refractivity contribution is 7.15. The van der Waals surface area contributed by atoms with Crippen molar-refractivity contribution in [3.63, 3.8) is 0 Å². The van der Waals surface area contributed by atoms with Crippen molar-refractivity contribution >= 4 is 34.0 Å². The summed E-state index contributed by atoms with van der Waals surface area (Å²) in [4.78, 5) is 26.3. The smallest absolute Gasteiger partial charge is 0.231 e. The molecular weight excluding hydrogens is 324 g/mol. The summed E-state index contributed by atoms with van der Waals surface area (Å²) in [5, 5.41) is 12.3. The van der Waals surface area contributed by atoms with Gasteiger partial charge in [0.2, 0.25) is 16.9 Å². The molecule has 0 radical (unpaired) electrons. The molecule has 0 aliphatic carbocycles. The maximum absolute atomic E-state index is 12.4. The van der Waals surface area contributed by atoms with Crippen LogP contribution in [0.15, 0.2) is 30.3 Å². The van der Waals surface area contributed by atoms with Gasteiger partial charge in [-0.1, -0.05) is 43.4 Å². The van der Waals surface area contributed by atoms with Gasteiger partial charge in [-0.3, -0.25) is 9.59 Å². The van der Waals surface area contributed by atoms with Crippen molar-refractivity contribution in [2.75, 3.05) is 16.8 Å². The first-order valence-corrected chi connectivity index (χ1v) is 8.83. The average molecular weight is 344 g/mol. The van der Waals surface area contributed by atoms with Crippen LogP contribution < -0.4 is 10.2 Å². The van der Waals surface area contributed by atoms with Gasteiger partial charge in [-0.2, -0.15) is 0 Å². The molecular formula is C17H20N4O2S. The van der Waals surface area contributed by atoms with Gasteiger partial charge >= 0.3 is 0 Å². The van der Waals surface area contributed by atoms with E-state index in [0.717, 1.165) is 17.1 Å². The second-order valence-corrected chi connectivity index (χ2v) is 7.39. The Bertz CT molecular complexity index is 729. The Morgan fingerprint density at radius 2 is 2.08 bits per heavy atom. The fraction of sp³-hybridized carbons (Fsp3) is 0.412. The lowest BCUT2D eigenvalue weighted by Gasteiger charge is -2.16. The van der Waals surface area contributed by atoms with Gasteiger partial charge in [-0.05, 0) is 18.1 Å². The molecule has 24 heavy (non-hydrogen) atoms. The van der Waals surface area contributed by atoms with Crippen molar-refractivity contribution < 1.29 is 9.59 Å². The molecule has 1 unspecified atom stereocenters. The van der Waals surface area contributed by atoms with Crippen LogP contribution >= 0.6 is 11.3 Å². The van der Waals surface area contributed by atoms with Gasteiger partial charge in [-0.15, -0.1) is 10.2 Å². The lowest BCUT2D eigenvalue weighted by atomic mass is 10.1. The molecule has 0 spiro atoms. The number of aromatic nitrogens is 2. The molecule has 2 amide bonds.